The second-order valence-corrected chi connectivity index (χ2v) is 3.10. The molecule has 2 aromatic heterocycles. The van der Waals surface area contributed by atoms with Gasteiger partial charge in [-0.3, -0.25) is 4.79 Å². The first-order valence-electron chi connectivity index (χ1n) is 4.40. The Kier molecular flexibility index (Phi) is 2.18. The molecule has 2 rings (SSSR count). The number of aryl methyl sites for hydroxylation is 1. The Bertz CT molecular complexity index is 462. The molecule has 2 aromatic rings. The van der Waals surface area contributed by atoms with Crippen molar-refractivity contribution in [2.24, 2.45) is 0 Å². The van der Waals surface area contributed by atoms with Crippen molar-refractivity contribution in [3.63, 3.8) is 0 Å². The van der Waals surface area contributed by atoms with Gasteiger partial charge in [0.15, 0.2) is 0 Å². The summed E-state index contributed by atoms with van der Waals surface area (Å²) >= 11 is 0. The molecule has 0 saturated heterocycles. The zero-order valence-corrected chi connectivity index (χ0v) is 7.53. The van der Waals surface area contributed by atoms with Crippen LogP contribution < -0.4 is 0 Å². The van der Waals surface area contributed by atoms with Gasteiger partial charge in [-0.2, -0.15) is 0 Å². The van der Waals surface area contributed by atoms with Crippen LogP contribution in [0.25, 0.3) is 11.0 Å². The lowest BCUT2D eigenvalue weighted by Crippen LogP contribution is -1.97. The van der Waals surface area contributed by atoms with Crippen LogP contribution >= 0.6 is 0 Å². The van der Waals surface area contributed by atoms with Crippen molar-refractivity contribution >= 4 is 17.0 Å². The standard InChI is InChI=1S/C10H10N2O2/c13-9(14)2-1-7-3-5-11-10-8(7)4-6-12-10/h3-6H,1-2H2,(H,11,12)(H,13,14). The molecule has 0 fully saturated rings. The molecule has 0 saturated carbocycles. The molecule has 14 heavy (non-hydrogen) atoms. The molecule has 0 aliphatic rings. The van der Waals surface area contributed by atoms with Gasteiger partial charge in [-0.1, -0.05) is 0 Å². The van der Waals surface area contributed by atoms with Gasteiger partial charge in [0.2, 0.25) is 0 Å². The summed E-state index contributed by atoms with van der Waals surface area (Å²) in [5.41, 5.74) is 1.84. The molecule has 0 unspecified atom stereocenters. The van der Waals surface area contributed by atoms with Crippen LogP contribution in [0.4, 0.5) is 0 Å². The number of rotatable bonds is 3. The van der Waals surface area contributed by atoms with Crippen molar-refractivity contribution in [2.75, 3.05) is 0 Å². The molecule has 72 valence electrons. The zero-order valence-electron chi connectivity index (χ0n) is 7.53. The number of H-pyrrole nitrogens is 1. The van der Waals surface area contributed by atoms with E-state index in [1.165, 1.54) is 0 Å². The van der Waals surface area contributed by atoms with Crippen LogP contribution in [0.5, 0.6) is 0 Å². The fraction of sp³-hybridized carbons (Fsp3) is 0.200. The molecule has 4 heteroatoms. The number of carboxylic acids is 1. The molecule has 4 nitrogen and oxygen atoms in total. The minimum absolute atomic E-state index is 0.157. The van der Waals surface area contributed by atoms with Crippen LogP contribution in [0.15, 0.2) is 24.5 Å². The fourth-order valence-electron chi connectivity index (χ4n) is 1.48. The molecule has 0 radical (unpaired) electrons. The molecule has 0 amide bonds. The summed E-state index contributed by atoms with van der Waals surface area (Å²) in [6.45, 7) is 0. The highest BCUT2D eigenvalue weighted by Crippen LogP contribution is 2.16. The van der Waals surface area contributed by atoms with E-state index >= 15 is 0 Å². The molecule has 0 aromatic carbocycles. The van der Waals surface area contributed by atoms with E-state index < -0.39 is 5.97 Å². The average molecular weight is 190 g/mol. The van der Waals surface area contributed by atoms with Gasteiger partial charge in [-0.25, -0.2) is 4.98 Å². The van der Waals surface area contributed by atoms with Crippen molar-refractivity contribution in [3.05, 3.63) is 30.1 Å². The number of hydrogen-bond donors (Lipinski definition) is 2. The maximum Gasteiger partial charge on any atom is 0.303 e. The molecule has 2 N–H and O–H groups in total. The zero-order chi connectivity index (χ0) is 9.97. The first-order valence-corrected chi connectivity index (χ1v) is 4.40. The second-order valence-electron chi connectivity index (χ2n) is 3.10. The fourth-order valence-corrected chi connectivity index (χ4v) is 1.48. The van der Waals surface area contributed by atoms with Gasteiger partial charge in [0.05, 0.1) is 0 Å². The largest absolute Gasteiger partial charge is 0.481 e. The minimum Gasteiger partial charge on any atom is -0.481 e. The normalized spacial score (nSPS) is 10.6. The summed E-state index contributed by atoms with van der Waals surface area (Å²) in [6, 6.07) is 3.78. The van der Waals surface area contributed by atoms with Crippen LogP contribution in [0.2, 0.25) is 0 Å². The molecular weight excluding hydrogens is 180 g/mol. The molecule has 0 bridgehead atoms. The van der Waals surface area contributed by atoms with Gasteiger partial charge in [-0.05, 0) is 24.1 Å². The lowest BCUT2D eigenvalue weighted by Gasteiger charge is -1.99. The maximum absolute atomic E-state index is 10.4. The molecule has 0 atom stereocenters. The smallest absolute Gasteiger partial charge is 0.303 e. The van der Waals surface area contributed by atoms with Gasteiger partial charge in [0.25, 0.3) is 0 Å². The Morgan fingerprint density at radius 3 is 3.14 bits per heavy atom. The third-order valence-corrected chi connectivity index (χ3v) is 2.16. The number of hydrogen-bond acceptors (Lipinski definition) is 2. The summed E-state index contributed by atoms with van der Waals surface area (Å²) in [7, 11) is 0. The first kappa shape index (κ1) is 8.74. The summed E-state index contributed by atoms with van der Waals surface area (Å²) < 4.78 is 0. The summed E-state index contributed by atoms with van der Waals surface area (Å²) in [5, 5.41) is 9.58. The van der Waals surface area contributed by atoms with Crippen LogP contribution in [-0.4, -0.2) is 21.0 Å². The molecule has 0 aliphatic carbocycles. The van der Waals surface area contributed by atoms with Crippen LogP contribution in [-0.2, 0) is 11.2 Å². The lowest BCUT2D eigenvalue weighted by molar-refractivity contribution is -0.136. The van der Waals surface area contributed by atoms with E-state index in [-0.39, 0.29) is 6.42 Å². The highest BCUT2D eigenvalue weighted by Gasteiger charge is 2.04. The van der Waals surface area contributed by atoms with E-state index in [0.29, 0.717) is 6.42 Å². The van der Waals surface area contributed by atoms with Gasteiger partial charge in [0, 0.05) is 24.2 Å². The number of aromatic amines is 1. The van der Waals surface area contributed by atoms with Crippen molar-refractivity contribution < 1.29 is 9.90 Å². The van der Waals surface area contributed by atoms with Gasteiger partial charge in [-0.15, -0.1) is 0 Å². The van der Waals surface area contributed by atoms with Crippen molar-refractivity contribution in [3.8, 4) is 0 Å². The number of nitrogens with one attached hydrogen (secondary N) is 1. The quantitative estimate of drug-likeness (QED) is 0.772. The number of aromatic nitrogens is 2. The predicted octanol–water partition coefficient (Wildman–Crippen LogP) is 1.58. The predicted molar refractivity (Wildman–Crippen MR) is 52.1 cm³/mol. The highest BCUT2D eigenvalue weighted by atomic mass is 16.4. The van der Waals surface area contributed by atoms with Gasteiger partial charge < -0.3 is 10.1 Å². The van der Waals surface area contributed by atoms with Crippen molar-refractivity contribution in [1.29, 1.82) is 0 Å². The van der Waals surface area contributed by atoms with E-state index in [4.69, 9.17) is 5.11 Å². The highest BCUT2D eigenvalue weighted by molar-refractivity contribution is 5.79. The molecule has 2 heterocycles. The number of carbonyl (C=O) groups is 1. The third-order valence-electron chi connectivity index (χ3n) is 2.16. The maximum atomic E-state index is 10.4. The van der Waals surface area contributed by atoms with Crippen LogP contribution in [0.1, 0.15) is 12.0 Å². The Labute approximate surface area is 80.6 Å². The van der Waals surface area contributed by atoms with Crippen molar-refractivity contribution in [1.82, 2.24) is 9.97 Å². The molecule has 0 aliphatic heterocycles. The lowest BCUT2D eigenvalue weighted by atomic mass is 10.1. The topological polar surface area (TPSA) is 66.0 Å². The summed E-state index contributed by atoms with van der Waals surface area (Å²) in [4.78, 5) is 17.5. The molecular formula is C10H10N2O2. The second kappa shape index (κ2) is 3.49. The van der Waals surface area contributed by atoms with Crippen LogP contribution in [0.3, 0.4) is 0 Å². The van der Waals surface area contributed by atoms with Gasteiger partial charge in [0.1, 0.15) is 5.65 Å². The van der Waals surface area contributed by atoms with Crippen LogP contribution in [0, 0.1) is 0 Å². The van der Waals surface area contributed by atoms with E-state index in [1.807, 2.05) is 18.3 Å². The number of carboxylic acid groups (broad SMARTS) is 1. The summed E-state index contributed by atoms with van der Waals surface area (Å²) in [6.07, 6.45) is 4.20. The SMILES string of the molecule is O=C(O)CCc1ccnc2[nH]ccc12. The third kappa shape index (κ3) is 1.59. The summed E-state index contributed by atoms with van der Waals surface area (Å²) in [5.74, 6) is -0.773. The number of pyridine rings is 1. The minimum atomic E-state index is -0.773. The van der Waals surface area contributed by atoms with Gasteiger partial charge >= 0.3 is 5.97 Å². The van der Waals surface area contributed by atoms with E-state index in [9.17, 15) is 4.79 Å². The Morgan fingerprint density at radius 2 is 2.36 bits per heavy atom. The Hall–Kier alpha value is -1.84. The Balaban J connectivity index is 2.32. The monoisotopic (exact) mass is 190 g/mol. The molecule has 0 spiro atoms. The number of aliphatic carboxylic acids is 1. The Morgan fingerprint density at radius 1 is 1.50 bits per heavy atom. The van der Waals surface area contributed by atoms with E-state index in [0.717, 1.165) is 16.6 Å². The van der Waals surface area contributed by atoms with Crippen molar-refractivity contribution in [2.45, 2.75) is 12.8 Å². The van der Waals surface area contributed by atoms with E-state index in [2.05, 4.69) is 9.97 Å². The number of fused-ring (bicyclic) bond motifs is 1. The van der Waals surface area contributed by atoms with E-state index in [1.54, 1.807) is 6.20 Å². The number of nitrogens with zero attached hydrogens (tertiary/aromatic N) is 1. The average Bonchev–Trinajstić information content (AvgIpc) is 2.62. The first-order chi connectivity index (χ1) is 6.77.